The lowest BCUT2D eigenvalue weighted by molar-refractivity contribution is 0.618. The molecule has 0 bridgehead atoms. The van der Waals surface area contributed by atoms with E-state index in [4.69, 9.17) is 0 Å². The molecule has 0 aliphatic heterocycles. The molecule has 7 aromatic rings. The molecule has 2 nitrogen and oxygen atoms in total. The van der Waals surface area contributed by atoms with E-state index < -0.39 is 5.41 Å². The van der Waals surface area contributed by atoms with Crippen LogP contribution in [0.3, 0.4) is 0 Å². The van der Waals surface area contributed by atoms with Gasteiger partial charge in [-0.1, -0.05) is 123 Å². The highest BCUT2D eigenvalue weighted by molar-refractivity contribution is 6.10. The van der Waals surface area contributed by atoms with Gasteiger partial charge < -0.3 is 9.47 Å². The number of halogens is 1. The largest absolute Gasteiger partial charge is 0.310 e. The minimum absolute atomic E-state index is 0.264. The molecule has 51 heavy (non-hydrogen) atoms. The van der Waals surface area contributed by atoms with Crippen LogP contribution in [0.15, 0.2) is 178 Å². The molecule has 1 aliphatic rings. The zero-order valence-electron chi connectivity index (χ0n) is 28.6. The Bertz CT molecular complexity index is 2570. The topological polar surface area (TPSA) is 8.17 Å². The lowest BCUT2D eigenvalue weighted by Crippen LogP contribution is -2.24. The van der Waals surface area contributed by atoms with E-state index in [0.29, 0.717) is 0 Å². The van der Waals surface area contributed by atoms with Crippen molar-refractivity contribution in [1.29, 1.82) is 0 Å². The highest BCUT2D eigenvalue weighted by Crippen LogP contribution is 2.56. The normalized spacial score (nSPS) is 15.0. The molecule has 3 heteroatoms. The van der Waals surface area contributed by atoms with Crippen molar-refractivity contribution < 1.29 is 4.39 Å². The van der Waals surface area contributed by atoms with Gasteiger partial charge in [-0.2, -0.15) is 0 Å². The van der Waals surface area contributed by atoms with E-state index in [0.717, 1.165) is 78.1 Å². The Morgan fingerprint density at radius 1 is 0.686 bits per heavy atom. The average molecular weight is 661 g/mol. The third kappa shape index (κ3) is 4.77. The molecular formula is C48H37FN2. The van der Waals surface area contributed by atoms with Crippen LogP contribution < -0.4 is 4.90 Å². The van der Waals surface area contributed by atoms with E-state index in [1.54, 1.807) is 18.2 Å². The van der Waals surface area contributed by atoms with Gasteiger partial charge in [-0.15, -0.1) is 0 Å². The number of aromatic nitrogens is 1. The molecule has 1 unspecified atom stereocenters. The molecule has 0 amide bonds. The summed E-state index contributed by atoms with van der Waals surface area (Å²) in [6.07, 6.45) is 9.41. The summed E-state index contributed by atoms with van der Waals surface area (Å²) in [4.78, 5) is 2.22. The van der Waals surface area contributed by atoms with E-state index in [9.17, 15) is 0 Å². The van der Waals surface area contributed by atoms with Gasteiger partial charge in [-0.25, -0.2) is 4.39 Å². The number of hydrogen-bond donors (Lipinski definition) is 0. The number of rotatable bonds is 9. The van der Waals surface area contributed by atoms with Crippen molar-refractivity contribution in [1.82, 2.24) is 4.57 Å². The van der Waals surface area contributed by atoms with Crippen LogP contribution in [0.5, 0.6) is 0 Å². The van der Waals surface area contributed by atoms with Crippen LogP contribution in [-0.4, -0.2) is 4.57 Å². The molecule has 0 fully saturated rings. The maximum atomic E-state index is 15.1. The summed E-state index contributed by atoms with van der Waals surface area (Å²) in [5.74, 6) is -0.264. The first-order chi connectivity index (χ1) is 24.9. The zero-order chi connectivity index (χ0) is 35.3. The Kier molecular flexibility index (Phi) is 7.77. The molecule has 1 aromatic heterocycles. The first kappa shape index (κ1) is 31.8. The van der Waals surface area contributed by atoms with Crippen molar-refractivity contribution in [3.05, 3.63) is 211 Å². The van der Waals surface area contributed by atoms with E-state index in [1.807, 2.05) is 54.6 Å². The lowest BCUT2D eigenvalue weighted by atomic mass is 9.73. The summed E-state index contributed by atoms with van der Waals surface area (Å²) in [6, 6.07) is 43.3. The minimum atomic E-state index is -0.647. The molecule has 0 saturated heterocycles. The van der Waals surface area contributed by atoms with Gasteiger partial charge in [-0.05, 0) is 101 Å². The fraction of sp³-hybridized carbons (Fsp3) is 0.0417. The highest BCUT2D eigenvalue weighted by atomic mass is 19.1. The number of allylic oxidation sites excluding steroid dienone is 3. The van der Waals surface area contributed by atoms with Crippen LogP contribution in [-0.2, 0) is 5.41 Å². The monoisotopic (exact) mass is 660 g/mol. The smallest absolute Gasteiger partial charge is 0.123 e. The Hall–Kier alpha value is -6.45. The van der Waals surface area contributed by atoms with Crippen molar-refractivity contribution in [2.45, 2.75) is 12.3 Å². The second-order valence-electron chi connectivity index (χ2n) is 13.0. The van der Waals surface area contributed by atoms with Crippen LogP contribution in [0.4, 0.5) is 15.8 Å². The molecule has 1 atom stereocenters. The Morgan fingerprint density at radius 3 is 2.08 bits per heavy atom. The van der Waals surface area contributed by atoms with Gasteiger partial charge in [0.15, 0.2) is 0 Å². The standard InChI is InChI=1S/C48H37FN2/c1-6-18-34(7-2)50(36-26-28-40-39-23-16-17-24-44(39)51(45(40)30-36)35-21-14-11-15-22-35)46-31-43-47(38(9-4)37(46)8-3)41-27-25-33(49)29-42(41)48(43,5)32-19-12-10-13-20-32/h6-31H,1-4H2,5H3/b34-18+. The van der Waals surface area contributed by atoms with Gasteiger partial charge in [0.1, 0.15) is 5.82 Å². The Balaban J connectivity index is 1.47. The fourth-order valence-electron chi connectivity index (χ4n) is 8.11. The molecule has 1 aliphatic carbocycles. The van der Waals surface area contributed by atoms with Crippen LogP contribution in [0.2, 0.25) is 0 Å². The zero-order valence-corrected chi connectivity index (χ0v) is 28.6. The van der Waals surface area contributed by atoms with E-state index >= 15 is 4.39 Å². The quantitative estimate of drug-likeness (QED) is 0.140. The SMILES string of the molecule is C=C/C=C(\C=C)N(c1ccc2c3ccccc3n(-c3ccccc3)c2c1)c1cc2c(c(C=C)c1C=C)-c1ccc(F)cc1C2(C)c1ccccc1. The molecule has 0 saturated carbocycles. The maximum absolute atomic E-state index is 15.1. The summed E-state index contributed by atoms with van der Waals surface area (Å²) in [6.45, 7) is 19.1. The summed E-state index contributed by atoms with van der Waals surface area (Å²) in [5.41, 5.74) is 12.3. The van der Waals surface area contributed by atoms with Gasteiger partial charge in [0.25, 0.3) is 0 Å². The summed E-state index contributed by atoms with van der Waals surface area (Å²) >= 11 is 0. The third-order valence-electron chi connectivity index (χ3n) is 10.4. The van der Waals surface area contributed by atoms with E-state index in [2.05, 4.69) is 128 Å². The minimum Gasteiger partial charge on any atom is -0.310 e. The molecule has 6 aromatic carbocycles. The van der Waals surface area contributed by atoms with Crippen LogP contribution in [0, 0.1) is 5.82 Å². The van der Waals surface area contributed by atoms with Crippen molar-refractivity contribution in [2.75, 3.05) is 4.90 Å². The second kappa shape index (κ2) is 12.5. The van der Waals surface area contributed by atoms with E-state index in [1.165, 1.54) is 5.39 Å². The molecular weight excluding hydrogens is 624 g/mol. The van der Waals surface area contributed by atoms with Gasteiger partial charge in [-0.3, -0.25) is 0 Å². The number of nitrogens with zero attached hydrogens (tertiary/aromatic N) is 2. The molecule has 8 rings (SSSR count). The molecule has 1 heterocycles. The van der Waals surface area contributed by atoms with Crippen molar-refractivity contribution in [2.24, 2.45) is 0 Å². The van der Waals surface area contributed by atoms with Gasteiger partial charge in [0.05, 0.1) is 16.7 Å². The van der Waals surface area contributed by atoms with Gasteiger partial charge in [0.2, 0.25) is 0 Å². The summed E-state index contributed by atoms with van der Waals surface area (Å²) in [5, 5.41) is 2.34. The molecule has 246 valence electrons. The van der Waals surface area contributed by atoms with Crippen molar-refractivity contribution in [3.63, 3.8) is 0 Å². The fourth-order valence-corrected chi connectivity index (χ4v) is 8.11. The summed E-state index contributed by atoms with van der Waals surface area (Å²) < 4.78 is 17.4. The Labute approximate surface area is 298 Å². The van der Waals surface area contributed by atoms with Gasteiger partial charge >= 0.3 is 0 Å². The number of anilines is 2. The van der Waals surface area contributed by atoms with E-state index in [-0.39, 0.29) is 5.82 Å². The first-order valence-electron chi connectivity index (χ1n) is 17.1. The first-order valence-corrected chi connectivity index (χ1v) is 17.1. The second-order valence-corrected chi connectivity index (χ2v) is 13.0. The van der Waals surface area contributed by atoms with Gasteiger partial charge in [0, 0.05) is 38.8 Å². The number of benzene rings is 6. The molecule has 0 radical (unpaired) electrons. The van der Waals surface area contributed by atoms with Crippen LogP contribution >= 0.6 is 0 Å². The maximum Gasteiger partial charge on any atom is 0.123 e. The predicted molar refractivity (Wildman–Crippen MR) is 215 cm³/mol. The number of fused-ring (bicyclic) bond motifs is 6. The predicted octanol–water partition coefficient (Wildman–Crippen LogP) is 12.9. The third-order valence-corrected chi connectivity index (χ3v) is 10.4. The van der Waals surface area contributed by atoms with Crippen LogP contribution in [0.25, 0.3) is 50.8 Å². The van der Waals surface area contributed by atoms with Crippen molar-refractivity contribution in [3.8, 4) is 16.8 Å². The van der Waals surface area contributed by atoms with Crippen molar-refractivity contribution >= 4 is 45.3 Å². The number of hydrogen-bond acceptors (Lipinski definition) is 1. The Morgan fingerprint density at radius 2 is 1.37 bits per heavy atom. The summed E-state index contributed by atoms with van der Waals surface area (Å²) in [7, 11) is 0. The van der Waals surface area contributed by atoms with Crippen LogP contribution in [0.1, 0.15) is 34.7 Å². The molecule has 0 spiro atoms. The highest BCUT2D eigenvalue weighted by Gasteiger charge is 2.43. The molecule has 0 N–H and O–H groups in total. The lowest BCUT2D eigenvalue weighted by Gasteiger charge is -2.33. The average Bonchev–Trinajstić information content (AvgIpc) is 3.63. The number of para-hydroxylation sites is 2.